The molecule has 3 nitrogen and oxygen atoms in total. The molecule has 0 aliphatic rings. The van der Waals surface area contributed by atoms with Gasteiger partial charge in [-0.15, -0.1) is 0 Å². The zero-order valence-electron chi connectivity index (χ0n) is 9.95. The van der Waals surface area contributed by atoms with Crippen LogP contribution >= 0.6 is 0 Å². The first-order chi connectivity index (χ1) is 8.40. The summed E-state index contributed by atoms with van der Waals surface area (Å²) in [5.41, 5.74) is -3.39. The lowest BCUT2D eigenvalue weighted by atomic mass is 9.93. The molecular weight excluding hydrogens is 249 g/mol. The highest BCUT2D eigenvalue weighted by Crippen LogP contribution is 2.42. The molecule has 0 spiro atoms. The first-order valence-corrected chi connectivity index (χ1v) is 5.24. The summed E-state index contributed by atoms with van der Waals surface area (Å²) in [6, 6.07) is 6.69. The third-order valence-corrected chi connectivity index (χ3v) is 2.45. The second-order valence-electron chi connectivity index (χ2n) is 3.47. The van der Waals surface area contributed by atoms with Crippen molar-refractivity contribution in [1.82, 2.24) is 0 Å². The summed E-state index contributed by atoms with van der Waals surface area (Å²) in [6.45, 7) is 1.27. The lowest BCUT2D eigenvalue weighted by molar-refractivity contribution is -0.276. The molecule has 0 aliphatic heterocycles. The van der Waals surface area contributed by atoms with Crippen LogP contribution < -0.4 is 0 Å². The van der Waals surface area contributed by atoms with Gasteiger partial charge in [-0.1, -0.05) is 30.3 Å². The van der Waals surface area contributed by atoms with Gasteiger partial charge in [-0.3, -0.25) is 0 Å². The van der Waals surface area contributed by atoms with Gasteiger partial charge in [0.2, 0.25) is 0 Å². The van der Waals surface area contributed by atoms with E-state index in [1.165, 1.54) is 31.2 Å². The minimum atomic E-state index is -4.91. The fourth-order valence-corrected chi connectivity index (χ4v) is 1.62. The Labute approximate surface area is 103 Å². The highest BCUT2D eigenvalue weighted by atomic mass is 19.4. The zero-order valence-corrected chi connectivity index (χ0v) is 9.95. The standard InChI is InChI=1S/C12H13F3O3/c1-3-18-10(16)11(17-2,12(13,14)15)9-7-5-4-6-8-9/h4-8H,3H2,1-2H3. The van der Waals surface area contributed by atoms with Gasteiger partial charge in [0.15, 0.2) is 0 Å². The largest absolute Gasteiger partial charge is 0.463 e. The summed E-state index contributed by atoms with van der Waals surface area (Å²) >= 11 is 0. The molecule has 0 N–H and O–H groups in total. The molecule has 0 saturated heterocycles. The summed E-state index contributed by atoms with van der Waals surface area (Å²) in [5, 5.41) is 0. The van der Waals surface area contributed by atoms with E-state index in [0.29, 0.717) is 0 Å². The average Bonchev–Trinajstić information content (AvgIpc) is 2.30. The number of hydrogen-bond donors (Lipinski definition) is 0. The minimum absolute atomic E-state index is 0.160. The number of esters is 1. The summed E-state index contributed by atoms with van der Waals surface area (Å²) in [5.74, 6) is -1.47. The normalized spacial score (nSPS) is 14.9. The molecule has 100 valence electrons. The summed E-state index contributed by atoms with van der Waals surface area (Å²) in [6.07, 6.45) is -4.91. The molecule has 0 saturated carbocycles. The Kier molecular flexibility index (Phi) is 4.34. The third-order valence-electron chi connectivity index (χ3n) is 2.45. The van der Waals surface area contributed by atoms with Crippen LogP contribution in [0.1, 0.15) is 12.5 Å². The second-order valence-corrected chi connectivity index (χ2v) is 3.47. The number of rotatable bonds is 4. The van der Waals surface area contributed by atoms with E-state index in [2.05, 4.69) is 9.47 Å². The topological polar surface area (TPSA) is 35.5 Å². The minimum Gasteiger partial charge on any atom is -0.463 e. The Hall–Kier alpha value is -1.56. The first-order valence-electron chi connectivity index (χ1n) is 5.24. The third kappa shape index (κ3) is 2.33. The summed E-state index contributed by atoms with van der Waals surface area (Å²) in [7, 11) is 0.831. The molecule has 6 heteroatoms. The van der Waals surface area contributed by atoms with Crippen molar-refractivity contribution in [2.45, 2.75) is 18.7 Å². The van der Waals surface area contributed by atoms with E-state index in [0.717, 1.165) is 7.11 Å². The highest BCUT2D eigenvalue weighted by molar-refractivity contribution is 5.82. The number of carbonyl (C=O) groups excluding carboxylic acids is 1. The summed E-state index contributed by atoms with van der Waals surface area (Å²) in [4.78, 5) is 11.7. The van der Waals surface area contributed by atoms with Gasteiger partial charge >= 0.3 is 12.1 Å². The molecule has 0 heterocycles. The molecule has 1 aromatic rings. The van der Waals surface area contributed by atoms with Crippen LogP contribution in [0.15, 0.2) is 30.3 Å². The molecule has 1 rings (SSSR count). The van der Waals surface area contributed by atoms with Crippen molar-refractivity contribution in [3.63, 3.8) is 0 Å². The fraction of sp³-hybridized carbons (Fsp3) is 0.417. The van der Waals surface area contributed by atoms with Crippen molar-refractivity contribution >= 4 is 5.97 Å². The van der Waals surface area contributed by atoms with E-state index in [4.69, 9.17) is 0 Å². The predicted molar refractivity (Wildman–Crippen MR) is 57.8 cm³/mol. The molecule has 18 heavy (non-hydrogen) atoms. The van der Waals surface area contributed by atoms with Crippen LogP contribution in [0.3, 0.4) is 0 Å². The van der Waals surface area contributed by atoms with Crippen molar-refractivity contribution in [3.05, 3.63) is 35.9 Å². The van der Waals surface area contributed by atoms with Gasteiger partial charge in [-0.05, 0) is 6.92 Å². The van der Waals surface area contributed by atoms with E-state index >= 15 is 0 Å². The van der Waals surface area contributed by atoms with Gasteiger partial charge in [0.25, 0.3) is 5.60 Å². The van der Waals surface area contributed by atoms with Gasteiger partial charge < -0.3 is 9.47 Å². The van der Waals surface area contributed by atoms with Gasteiger partial charge in [-0.2, -0.15) is 13.2 Å². The number of ether oxygens (including phenoxy) is 2. The maximum Gasteiger partial charge on any atom is 0.432 e. The Balaban J connectivity index is 3.37. The number of halogens is 3. The molecular formula is C12H13F3O3. The van der Waals surface area contributed by atoms with Crippen molar-refractivity contribution < 1.29 is 27.4 Å². The number of alkyl halides is 3. The number of carbonyl (C=O) groups is 1. The summed E-state index contributed by atoms with van der Waals surface area (Å²) < 4.78 is 48.6. The van der Waals surface area contributed by atoms with E-state index in [1.807, 2.05) is 0 Å². The van der Waals surface area contributed by atoms with Crippen LogP contribution in [0, 0.1) is 0 Å². The van der Waals surface area contributed by atoms with Crippen molar-refractivity contribution in [1.29, 1.82) is 0 Å². The molecule has 0 fully saturated rings. The first kappa shape index (κ1) is 14.5. The lowest BCUT2D eigenvalue weighted by Gasteiger charge is -2.32. The Morgan fingerprint density at radius 3 is 2.17 bits per heavy atom. The monoisotopic (exact) mass is 262 g/mol. The number of hydrogen-bond acceptors (Lipinski definition) is 3. The quantitative estimate of drug-likeness (QED) is 0.782. The second kappa shape index (κ2) is 5.39. The van der Waals surface area contributed by atoms with Gasteiger partial charge in [0.1, 0.15) is 0 Å². The smallest absolute Gasteiger partial charge is 0.432 e. The maximum atomic E-state index is 13.2. The van der Waals surface area contributed by atoms with Crippen LogP contribution in [-0.4, -0.2) is 25.9 Å². The Morgan fingerprint density at radius 1 is 1.22 bits per heavy atom. The van der Waals surface area contributed by atoms with Crippen LogP contribution in [0.2, 0.25) is 0 Å². The van der Waals surface area contributed by atoms with Crippen molar-refractivity contribution in [3.8, 4) is 0 Å². The van der Waals surface area contributed by atoms with E-state index in [1.54, 1.807) is 6.07 Å². The fourth-order valence-electron chi connectivity index (χ4n) is 1.62. The van der Waals surface area contributed by atoms with E-state index in [-0.39, 0.29) is 12.2 Å². The number of methoxy groups -OCH3 is 1. The van der Waals surface area contributed by atoms with Gasteiger partial charge in [0, 0.05) is 12.7 Å². The van der Waals surface area contributed by atoms with Crippen LogP contribution in [0.4, 0.5) is 13.2 Å². The molecule has 0 aliphatic carbocycles. The molecule has 1 unspecified atom stereocenters. The molecule has 0 amide bonds. The zero-order chi connectivity index (χ0) is 13.8. The Morgan fingerprint density at radius 2 is 1.78 bits per heavy atom. The van der Waals surface area contributed by atoms with Gasteiger partial charge in [0.05, 0.1) is 6.61 Å². The van der Waals surface area contributed by atoms with Crippen LogP contribution in [-0.2, 0) is 19.9 Å². The lowest BCUT2D eigenvalue weighted by Crippen LogP contribution is -2.51. The highest BCUT2D eigenvalue weighted by Gasteiger charge is 2.63. The van der Waals surface area contributed by atoms with E-state index in [9.17, 15) is 18.0 Å². The molecule has 0 aromatic heterocycles. The van der Waals surface area contributed by atoms with Crippen LogP contribution in [0.5, 0.6) is 0 Å². The van der Waals surface area contributed by atoms with E-state index < -0.39 is 17.7 Å². The predicted octanol–water partition coefficient (Wildman–Crippen LogP) is 2.65. The molecule has 0 bridgehead atoms. The molecule has 1 aromatic carbocycles. The molecule has 1 atom stereocenters. The number of benzene rings is 1. The average molecular weight is 262 g/mol. The van der Waals surface area contributed by atoms with Crippen molar-refractivity contribution in [2.24, 2.45) is 0 Å². The van der Waals surface area contributed by atoms with Crippen LogP contribution in [0.25, 0.3) is 0 Å². The molecule has 0 radical (unpaired) electrons. The van der Waals surface area contributed by atoms with Gasteiger partial charge in [-0.25, -0.2) is 4.79 Å². The Bertz CT molecular complexity index is 403. The maximum absolute atomic E-state index is 13.2. The SMILES string of the molecule is CCOC(=O)C(OC)(c1ccccc1)C(F)(F)F. The van der Waals surface area contributed by atoms with Crippen molar-refractivity contribution in [2.75, 3.05) is 13.7 Å².